The summed E-state index contributed by atoms with van der Waals surface area (Å²) in [5, 5.41) is 3.32. The zero-order valence-corrected chi connectivity index (χ0v) is 18.4. The maximum absolute atomic E-state index is 12.1. The third-order valence-corrected chi connectivity index (χ3v) is 6.27. The number of aryl methyl sites for hydroxylation is 1. The first-order valence-electron chi connectivity index (χ1n) is 11.7. The summed E-state index contributed by atoms with van der Waals surface area (Å²) in [6.45, 7) is 10.9. The van der Waals surface area contributed by atoms with E-state index in [4.69, 9.17) is 4.74 Å². The van der Waals surface area contributed by atoms with E-state index in [0.29, 0.717) is 18.4 Å². The van der Waals surface area contributed by atoms with Crippen LogP contribution in [0, 0.1) is 0 Å². The molecule has 0 spiro atoms. The van der Waals surface area contributed by atoms with Gasteiger partial charge in [-0.05, 0) is 81.8 Å². The molecule has 29 heavy (non-hydrogen) atoms. The Bertz CT molecular complexity index is 649. The van der Waals surface area contributed by atoms with E-state index in [1.54, 1.807) is 0 Å². The maximum atomic E-state index is 12.1. The summed E-state index contributed by atoms with van der Waals surface area (Å²) in [4.78, 5) is 16.9. The van der Waals surface area contributed by atoms with E-state index in [1.807, 2.05) is 6.92 Å². The number of rotatable bonds is 10. The highest BCUT2D eigenvalue weighted by Crippen LogP contribution is 2.28. The van der Waals surface area contributed by atoms with Gasteiger partial charge >= 0.3 is 0 Å². The average molecular weight is 402 g/mol. The molecule has 0 bridgehead atoms. The topological polar surface area (TPSA) is 44.8 Å². The summed E-state index contributed by atoms with van der Waals surface area (Å²) in [5.41, 5.74) is 2.96. The van der Waals surface area contributed by atoms with Gasteiger partial charge in [-0.3, -0.25) is 4.79 Å². The quantitative estimate of drug-likeness (QED) is 0.611. The van der Waals surface area contributed by atoms with Gasteiger partial charge in [0, 0.05) is 38.6 Å². The van der Waals surface area contributed by atoms with Crippen molar-refractivity contribution in [1.29, 1.82) is 0 Å². The first-order chi connectivity index (χ1) is 14.2. The number of unbranched alkanes of at least 4 members (excludes halogenated alkanes) is 1. The van der Waals surface area contributed by atoms with Crippen LogP contribution in [0.5, 0.6) is 5.75 Å². The second-order valence-corrected chi connectivity index (χ2v) is 8.38. The van der Waals surface area contributed by atoms with Crippen molar-refractivity contribution in [3.8, 4) is 5.75 Å². The van der Waals surface area contributed by atoms with Gasteiger partial charge in [-0.1, -0.05) is 13.0 Å². The number of amides is 1. The number of carbonyl (C=O) groups excluding carboxylic acids is 1. The Balaban J connectivity index is 1.50. The van der Waals surface area contributed by atoms with Gasteiger partial charge in [-0.15, -0.1) is 0 Å². The van der Waals surface area contributed by atoms with Crippen LogP contribution >= 0.6 is 0 Å². The van der Waals surface area contributed by atoms with Crippen LogP contribution in [0.15, 0.2) is 18.2 Å². The van der Waals surface area contributed by atoms with Gasteiger partial charge in [0.1, 0.15) is 5.75 Å². The molecule has 1 saturated heterocycles. The lowest BCUT2D eigenvalue weighted by molar-refractivity contribution is -0.130. The van der Waals surface area contributed by atoms with Crippen LogP contribution in [0.1, 0.15) is 57.1 Å². The summed E-state index contributed by atoms with van der Waals surface area (Å²) in [6.07, 6.45) is 7.65. The van der Waals surface area contributed by atoms with Gasteiger partial charge in [0.15, 0.2) is 0 Å². The SMILES string of the molecule is CCCN(CCCCN1CCNCCC1=O)C1CCc2ccc(OCC)cc2C1. The van der Waals surface area contributed by atoms with E-state index in [1.165, 1.54) is 36.8 Å². The summed E-state index contributed by atoms with van der Waals surface area (Å²) in [5.74, 6) is 1.32. The van der Waals surface area contributed by atoms with E-state index in [-0.39, 0.29) is 0 Å². The third kappa shape index (κ3) is 6.45. The lowest BCUT2D eigenvalue weighted by Crippen LogP contribution is -2.41. The van der Waals surface area contributed by atoms with E-state index >= 15 is 0 Å². The van der Waals surface area contributed by atoms with E-state index in [9.17, 15) is 4.79 Å². The number of nitrogens with zero attached hydrogens (tertiary/aromatic N) is 2. The van der Waals surface area contributed by atoms with Crippen molar-refractivity contribution >= 4 is 5.91 Å². The van der Waals surface area contributed by atoms with Crippen LogP contribution in [0.25, 0.3) is 0 Å². The zero-order valence-electron chi connectivity index (χ0n) is 18.4. The van der Waals surface area contributed by atoms with Crippen molar-refractivity contribution in [2.45, 2.75) is 64.8 Å². The molecule has 1 amide bonds. The van der Waals surface area contributed by atoms with Crippen molar-refractivity contribution in [3.63, 3.8) is 0 Å². The van der Waals surface area contributed by atoms with E-state index < -0.39 is 0 Å². The van der Waals surface area contributed by atoms with Crippen molar-refractivity contribution < 1.29 is 9.53 Å². The molecule has 1 fully saturated rings. The fourth-order valence-corrected chi connectivity index (χ4v) is 4.72. The molecule has 1 unspecified atom stereocenters. The minimum Gasteiger partial charge on any atom is -0.494 e. The predicted molar refractivity (Wildman–Crippen MR) is 119 cm³/mol. The van der Waals surface area contributed by atoms with Crippen molar-refractivity contribution in [3.05, 3.63) is 29.3 Å². The molecule has 1 aromatic rings. The van der Waals surface area contributed by atoms with Crippen LogP contribution in [-0.4, -0.2) is 67.6 Å². The molecular formula is C24H39N3O2. The fourth-order valence-electron chi connectivity index (χ4n) is 4.72. The molecule has 1 heterocycles. The van der Waals surface area contributed by atoms with Crippen molar-refractivity contribution in [1.82, 2.24) is 15.1 Å². The molecule has 5 nitrogen and oxygen atoms in total. The standard InChI is InChI=1S/C24H39N3O2/c1-3-14-26(15-5-6-16-27-17-13-25-12-11-24(27)28)22-9-7-20-8-10-23(29-4-2)19-21(20)18-22/h8,10,19,22,25H,3-7,9,11-18H2,1-2H3. The lowest BCUT2D eigenvalue weighted by atomic mass is 9.87. The van der Waals surface area contributed by atoms with Gasteiger partial charge in [0.25, 0.3) is 0 Å². The Kier molecular flexibility index (Phi) is 8.81. The number of carbonyl (C=O) groups is 1. The van der Waals surface area contributed by atoms with Gasteiger partial charge in [0.05, 0.1) is 6.61 Å². The van der Waals surface area contributed by atoms with Gasteiger partial charge in [-0.25, -0.2) is 0 Å². The number of ether oxygens (including phenoxy) is 1. The molecule has 1 aliphatic carbocycles. The molecule has 2 aliphatic rings. The second-order valence-electron chi connectivity index (χ2n) is 8.38. The molecule has 3 rings (SSSR count). The predicted octanol–water partition coefficient (Wildman–Crippen LogP) is 3.26. The highest BCUT2D eigenvalue weighted by molar-refractivity contribution is 5.76. The Morgan fingerprint density at radius 3 is 2.86 bits per heavy atom. The molecule has 0 aromatic heterocycles. The minimum absolute atomic E-state index is 0.314. The first kappa shape index (κ1) is 22.1. The maximum Gasteiger partial charge on any atom is 0.223 e. The van der Waals surface area contributed by atoms with Crippen LogP contribution in [0.4, 0.5) is 0 Å². The molecule has 1 aliphatic heterocycles. The van der Waals surface area contributed by atoms with Crippen LogP contribution in [0.2, 0.25) is 0 Å². The summed E-state index contributed by atoms with van der Waals surface area (Å²) in [6, 6.07) is 7.26. The molecule has 162 valence electrons. The molecule has 1 aromatic carbocycles. The van der Waals surface area contributed by atoms with Crippen LogP contribution in [0.3, 0.4) is 0 Å². The number of fused-ring (bicyclic) bond motifs is 1. The largest absolute Gasteiger partial charge is 0.494 e. The van der Waals surface area contributed by atoms with Crippen LogP contribution < -0.4 is 10.1 Å². The normalized spacial score (nSPS) is 19.9. The smallest absolute Gasteiger partial charge is 0.223 e. The zero-order chi connectivity index (χ0) is 20.5. The summed E-state index contributed by atoms with van der Waals surface area (Å²) in [7, 11) is 0. The van der Waals surface area contributed by atoms with Gasteiger partial charge in [-0.2, -0.15) is 0 Å². The van der Waals surface area contributed by atoms with E-state index in [0.717, 1.165) is 64.5 Å². The average Bonchev–Trinajstić information content (AvgIpc) is 2.94. The molecular weight excluding hydrogens is 362 g/mol. The number of benzene rings is 1. The van der Waals surface area contributed by atoms with Crippen molar-refractivity contribution in [2.75, 3.05) is 45.9 Å². The second kappa shape index (κ2) is 11.6. The Labute approximate surface area is 176 Å². The summed E-state index contributed by atoms with van der Waals surface area (Å²) < 4.78 is 5.72. The first-order valence-corrected chi connectivity index (χ1v) is 11.7. The monoisotopic (exact) mass is 401 g/mol. The van der Waals surface area contributed by atoms with E-state index in [2.05, 4.69) is 40.2 Å². The lowest BCUT2D eigenvalue weighted by Gasteiger charge is -2.35. The van der Waals surface area contributed by atoms with Crippen LogP contribution in [-0.2, 0) is 17.6 Å². The molecule has 1 N–H and O–H groups in total. The number of nitrogens with one attached hydrogen (secondary N) is 1. The van der Waals surface area contributed by atoms with Gasteiger partial charge in [0.2, 0.25) is 5.91 Å². The molecule has 0 saturated carbocycles. The number of hydrogen-bond acceptors (Lipinski definition) is 4. The van der Waals surface area contributed by atoms with Crippen molar-refractivity contribution in [2.24, 2.45) is 0 Å². The molecule has 1 atom stereocenters. The minimum atomic E-state index is 0.314. The Morgan fingerprint density at radius 1 is 1.14 bits per heavy atom. The highest BCUT2D eigenvalue weighted by Gasteiger charge is 2.24. The highest BCUT2D eigenvalue weighted by atomic mass is 16.5. The Morgan fingerprint density at radius 2 is 2.03 bits per heavy atom. The fraction of sp³-hybridized carbons (Fsp3) is 0.708. The summed E-state index contributed by atoms with van der Waals surface area (Å²) >= 11 is 0. The molecule has 0 radical (unpaired) electrons. The third-order valence-electron chi connectivity index (χ3n) is 6.27. The molecule has 5 heteroatoms. The Hall–Kier alpha value is -1.59. The number of hydrogen-bond donors (Lipinski definition) is 1. The van der Waals surface area contributed by atoms with Gasteiger partial charge < -0.3 is 19.9 Å².